The van der Waals surface area contributed by atoms with Crippen LogP contribution in [0, 0.1) is 5.92 Å². The molecule has 178 valence electrons. The van der Waals surface area contributed by atoms with Crippen molar-refractivity contribution in [2.24, 2.45) is 5.92 Å². The van der Waals surface area contributed by atoms with Gasteiger partial charge in [0, 0.05) is 37.8 Å². The van der Waals surface area contributed by atoms with Crippen LogP contribution in [0.4, 0.5) is 5.95 Å². The van der Waals surface area contributed by atoms with Gasteiger partial charge in [0.15, 0.2) is 5.69 Å². The second-order valence-electron chi connectivity index (χ2n) is 9.81. The van der Waals surface area contributed by atoms with Crippen molar-refractivity contribution in [2.45, 2.75) is 43.7 Å². The monoisotopic (exact) mass is 460 g/mol. The summed E-state index contributed by atoms with van der Waals surface area (Å²) >= 11 is 0. The molecule has 1 unspecified atom stereocenters. The van der Waals surface area contributed by atoms with E-state index in [2.05, 4.69) is 4.90 Å². The number of imidazole rings is 1. The number of likely N-dealkylation sites (tertiary alicyclic amines) is 1. The first-order valence-electron chi connectivity index (χ1n) is 12.6. The zero-order valence-corrected chi connectivity index (χ0v) is 19.5. The molecule has 3 fully saturated rings. The Kier molecular flexibility index (Phi) is 5.54. The van der Waals surface area contributed by atoms with Crippen LogP contribution in [0.15, 0.2) is 54.7 Å². The number of nitrogens with zero attached hydrogens (tertiary/aromatic N) is 4. The predicted octanol–water partition coefficient (Wildman–Crippen LogP) is 3.46. The molecule has 1 N–H and O–H groups in total. The highest BCUT2D eigenvalue weighted by Crippen LogP contribution is 2.47. The zero-order chi connectivity index (χ0) is 23.1. The van der Waals surface area contributed by atoms with Gasteiger partial charge in [0.2, 0.25) is 5.95 Å². The molecule has 1 saturated carbocycles. The summed E-state index contributed by atoms with van der Waals surface area (Å²) in [5, 5.41) is 11.9. The summed E-state index contributed by atoms with van der Waals surface area (Å²) in [5.74, 6) is 0.824. The molecule has 1 aromatic carbocycles. The predicted molar refractivity (Wildman–Crippen MR) is 130 cm³/mol. The number of carbonyl (C=O) groups is 1. The molecular weight excluding hydrogens is 428 g/mol. The number of amides is 1. The fraction of sp³-hybridized carbons (Fsp3) is 0.481. The third-order valence-corrected chi connectivity index (χ3v) is 8.04. The molecule has 0 spiro atoms. The number of pyridine rings is 1. The lowest BCUT2D eigenvalue weighted by Gasteiger charge is -2.52. The number of piperidine rings is 1. The number of carbonyl (C=O) groups excluding carboxylic acids is 1. The number of rotatable bonds is 3. The summed E-state index contributed by atoms with van der Waals surface area (Å²) in [4.78, 5) is 23.1. The average molecular weight is 461 g/mol. The lowest BCUT2D eigenvalue weighted by Crippen LogP contribution is -2.59. The Morgan fingerprint density at radius 2 is 1.76 bits per heavy atom. The Morgan fingerprint density at radius 3 is 2.59 bits per heavy atom. The maximum absolute atomic E-state index is 14.0. The minimum Gasteiger partial charge on any atom is -0.385 e. The molecule has 1 aliphatic carbocycles. The van der Waals surface area contributed by atoms with Crippen molar-refractivity contribution in [3.8, 4) is 0 Å². The number of aliphatic hydroxyl groups is 1. The number of fused-ring (bicyclic) bond motifs is 2. The van der Waals surface area contributed by atoms with Crippen molar-refractivity contribution in [3.05, 3.63) is 66.0 Å². The van der Waals surface area contributed by atoms with E-state index >= 15 is 0 Å². The SMILES string of the molecule is O=C(c1nc(N2CCOCC2)n2ccccc12)N1CC[C@@](O)(c2ccccc2)[C@@H]2CCCCC21. The molecule has 6 rings (SSSR count). The van der Waals surface area contributed by atoms with Gasteiger partial charge in [-0.1, -0.05) is 49.2 Å². The summed E-state index contributed by atoms with van der Waals surface area (Å²) < 4.78 is 7.55. The van der Waals surface area contributed by atoms with Gasteiger partial charge < -0.3 is 19.6 Å². The van der Waals surface area contributed by atoms with Crippen molar-refractivity contribution in [3.63, 3.8) is 0 Å². The largest absolute Gasteiger partial charge is 0.385 e. The lowest BCUT2D eigenvalue weighted by atomic mass is 9.66. The zero-order valence-electron chi connectivity index (χ0n) is 19.5. The van der Waals surface area contributed by atoms with E-state index in [1.165, 1.54) is 0 Å². The molecule has 7 nitrogen and oxygen atoms in total. The molecule has 34 heavy (non-hydrogen) atoms. The topological polar surface area (TPSA) is 70.3 Å². The highest BCUT2D eigenvalue weighted by atomic mass is 16.5. The van der Waals surface area contributed by atoms with Crippen LogP contribution in [0.2, 0.25) is 0 Å². The number of hydrogen-bond acceptors (Lipinski definition) is 5. The van der Waals surface area contributed by atoms with Crippen molar-refractivity contribution >= 4 is 17.4 Å². The highest BCUT2D eigenvalue weighted by Gasteiger charge is 2.50. The standard InChI is InChI=1S/C27H32N4O3/c32-25(24-23-12-6-7-14-31(23)26(28-24)29-16-18-34-19-17-29)30-15-13-27(33,20-8-2-1-3-9-20)21-10-4-5-11-22(21)30/h1-3,6-9,12,14,21-22,33H,4-5,10-11,13,15-19H2/t21-,22?,27-/m1/s1. The van der Waals surface area contributed by atoms with Crippen LogP contribution in [-0.4, -0.2) is 64.2 Å². The first-order valence-corrected chi connectivity index (χ1v) is 12.6. The van der Waals surface area contributed by atoms with Gasteiger partial charge in [-0.05, 0) is 37.0 Å². The number of benzene rings is 1. The van der Waals surface area contributed by atoms with Crippen molar-refractivity contribution < 1.29 is 14.6 Å². The number of ether oxygens (including phenoxy) is 1. The van der Waals surface area contributed by atoms with Crippen LogP contribution in [0.1, 0.15) is 48.2 Å². The molecule has 3 atom stereocenters. The molecule has 2 saturated heterocycles. The fourth-order valence-corrected chi connectivity index (χ4v) is 6.32. The van der Waals surface area contributed by atoms with Gasteiger partial charge in [-0.15, -0.1) is 0 Å². The van der Waals surface area contributed by atoms with E-state index < -0.39 is 5.60 Å². The second-order valence-corrected chi connectivity index (χ2v) is 9.81. The van der Waals surface area contributed by atoms with E-state index in [-0.39, 0.29) is 17.9 Å². The van der Waals surface area contributed by atoms with Crippen LogP contribution >= 0.6 is 0 Å². The minimum atomic E-state index is -0.891. The Balaban J connectivity index is 1.35. The average Bonchev–Trinajstić information content (AvgIpc) is 3.30. The Morgan fingerprint density at radius 1 is 1.00 bits per heavy atom. The maximum Gasteiger partial charge on any atom is 0.275 e. The van der Waals surface area contributed by atoms with Crippen LogP contribution in [0.25, 0.3) is 5.52 Å². The van der Waals surface area contributed by atoms with Gasteiger partial charge in [-0.3, -0.25) is 9.20 Å². The van der Waals surface area contributed by atoms with E-state index in [0.29, 0.717) is 31.9 Å². The first kappa shape index (κ1) is 21.6. The van der Waals surface area contributed by atoms with Gasteiger partial charge in [0.05, 0.1) is 24.3 Å². The van der Waals surface area contributed by atoms with E-state index in [1.807, 2.05) is 64.0 Å². The third-order valence-electron chi connectivity index (χ3n) is 8.04. The summed E-state index contributed by atoms with van der Waals surface area (Å²) in [7, 11) is 0. The molecule has 4 heterocycles. The summed E-state index contributed by atoms with van der Waals surface area (Å²) in [6.45, 7) is 3.39. The van der Waals surface area contributed by atoms with E-state index in [4.69, 9.17) is 9.72 Å². The van der Waals surface area contributed by atoms with E-state index in [1.54, 1.807) is 0 Å². The Bertz CT molecular complexity index is 1170. The molecule has 2 aliphatic heterocycles. The van der Waals surface area contributed by atoms with Gasteiger partial charge in [-0.25, -0.2) is 4.98 Å². The van der Waals surface area contributed by atoms with Crippen LogP contribution in [0.5, 0.6) is 0 Å². The van der Waals surface area contributed by atoms with Crippen molar-refractivity contribution in [1.29, 1.82) is 0 Å². The molecule has 3 aliphatic rings. The molecule has 7 heteroatoms. The van der Waals surface area contributed by atoms with Crippen LogP contribution in [0.3, 0.4) is 0 Å². The third kappa shape index (κ3) is 3.49. The van der Waals surface area contributed by atoms with Gasteiger partial charge in [-0.2, -0.15) is 0 Å². The molecule has 0 radical (unpaired) electrons. The van der Waals surface area contributed by atoms with Crippen molar-refractivity contribution in [1.82, 2.24) is 14.3 Å². The molecule has 2 aromatic heterocycles. The molecule has 0 bridgehead atoms. The normalized spacial score (nSPS) is 27.6. The molecular formula is C27H32N4O3. The van der Waals surface area contributed by atoms with Gasteiger partial charge in [0.25, 0.3) is 5.91 Å². The van der Waals surface area contributed by atoms with Crippen molar-refractivity contribution in [2.75, 3.05) is 37.7 Å². The Labute approximate surface area is 200 Å². The first-order chi connectivity index (χ1) is 16.7. The molecule has 1 amide bonds. The van der Waals surface area contributed by atoms with E-state index in [9.17, 15) is 9.90 Å². The lowest BCUT2D eigenvalue weighted by molar-refractivity contribution is -0.110. The van der Waals surface area contributed by atoms with Crippen LogP contribution < -0.4 is 4.90 Å². The summed E-state index contributed by atoms with van der Waals surface area (Å²) in [6, 6.07) is 16.0. The van der Waals surface area contributed by atoms with Crippen LogP contribution in [-0.2, 0) is 10.3 Å². The van der Waals surface area contributed by atoms with E-state index in [0.717, 1.165) is 55.8 Å². The minimum absolute atomic E-state index is 0.0183. The number of anilines is 1. The summed E-state index contributed by atoms with van der Waals surface area (Å²) in [6.07, 6.45) is 6.56. The fourth-order valence-electron chi connectivity index (χ4n) is 6.32. The maximum atomic E-state index is 14.0. The number of hydrogen-bond donors (Lipinski definition) is 1. The number of morpholine rings is 1. The summed E-state index contributed by atoms with van der Waals surface area (Å²) in [5.41, 5.74) is 1.43. The Hall–Kier alpha value is -2.90. The smallest absolute Gasteiger partial charge is 0.275 e. The quantitative estimate of drug-likeness (QED) is 0.648. The van der Waals surface area contributed by atoms with Gasteiger partial charge in [0.1, 0.15) is 0 Å². The number of aromatic nitrogens is 2. The van der Waals surface area contributed by atoms with Gasteiger partial charge >= 0.3 is 0 Å². The molecule has 3 aromatic rings. The second kappa shape index (κ2) is 8.71. The highest BCUT2D eigenvalue weighted by molar-refractivity contribution is 6.00.